The van der Waals surface area contributed by atoms with E-state index in [1.165, 1.54) is 4.90 Å². The molecule has 0 amide bonds. The number of carbonyl (C=O) groups excluding carboxylic acids is 1. The standard InChI is InChI=1S/C21H32N2O4S/c1-5-6-13-26-19(24)16-27-22-20(17-7-9-18(28-4)10-8-17)21(2,3)23-11-14-25-15-12-23/h7-10H,5-6,11-16H2,1-4H3. The molecular weight excluding hydrogens is 376 g/mol. The predicted octanol–water partition coefficient (Wildman–Crippen LogP) is 3.58. The normalized spacial score (nSPS) is 16.1. The van der Waals surface area contributed by atoms with Crippen LogP contribution in [0.3, 0.4) is 0 Å². The molecule has 1 saturated heterocycles. The zero-order valence-electron chi connectivity index (χ0n) is 17.4. The average molecular weight is 409 g/mol. The third-order valence-electron chi connectivity index (χ3n) is 4.84. The maximum absolute atomic E-state index is 11.8. The number of esters is 1. The van der Waals surface area contributed by atoms with Crippen LogP contribution in [0.4, 0.5) is 0 Å². The van der Waals surface area contributed by atoms with Gasteiger partial charge in [0, 0.05) is 23.5 Å². The van der Waals surface area contributed by atoms with Crippen LogP contribution in [0.25, 0.3) is 0 Å². The lowest BCUT2D eigenvalue weighted by molar-refractivity contribution is -0.149. The molecule has 1 aliphatic rings. The number of carbonyl (C=O) groups is 1. The second-order valence-corrected chi connectivity index (χ2v) is 8.05. The first kappa shape index (κ1) is 22.7. The first-order valence-electron chi connectivity index (χ1n) is 9.82. The van der Waals surface area contributed by atoms with Gasteiger partial charge in [-0.2, -0.15) is 0 Å². The van der Waals surface area contributed by atoms with Crippen molar-refractivity contribution in [1.82, 2.24) is 4.90 Å². The van der Waals surface area contributed by atoms with Crippen molar-refractivity contribution >= 4 is 23.4 Å². The van der Waals surface area contributed by atoms with Gasteiger partial charge in [0.25, 0.3) is 0 Å². The van der Waals surface area contributed by atoms with Crippen LogP contribution < -0.4 is 0 Å². The third-order valence-corrected chi connectivity index (χ3v) is 5.59. The van der Waals surface area contributed by atoms with Gasteiger partial charge < -0.3 is 14.3 Å². The first-order chi connectivity index (χ1) is 13.5. The van der Waals surface area contributed by atoms with Crippen molar-refractivity contribution < 1.29 is 19.1 Å². The Morgan fingerprint density at radius 1 is 1.25 bits per heavy atom. The Morgan fingerprint density at radius 2 is 1.93 bits per heavy atom. The fourth-order valence-electron chi connectivity index (χ4n) is 3.06. The molecule has 28 heavy (non-hydrogen) atoms. The highest BCUT2D eigenvalue weighted by Gasteiger charge is 2.35. The summed E-state index contributed by atoms with van der Waals surface area (Å²) < 4.78 is 10.6. The monoisotopic (exact) mass is 408 g/mol. The van der Waals surface area contributed by atoms with E-state index in [9.17, 15) is 4.79 Å². The molecule has 0 atom stereocenters. The second-order valence-electron chi connectivity index (χ2n) is 7.17. The van der Waals surface area contributed by atoms with Crippen LogP contribution in [0.15, 0.2) is 34.3 Å². The summed E-state index contributed by atoms with van der Waals surface area (Å²) in [6.45, 7) is 9.60. The summed E-state index contributed by atoms with van der Waals surface area (Å²) in [6, 6.07) is 8.25. The maximum Gasteiger partial charge on any atom is 0.347 e. The molecule has 0 N–H and O–H groups in total. The molecule has 1 aliphatic heterocycles. The minimum atomic E-state index is -0.390. The molecule has 0 aromatic heterocycles. The minimum absolute atomic E-state index is 0.185. The van der Waals surface area contributed by atoms with Gasteiger partial charge in [-0.25, -0.2) is 4.79 Å². The molecule has 1 aromatic rings. The summed E-state index contributed by atoms with van der Waals surface area (Å²) in [5.41, 5.74) is 1.41. The number of oxime groups is 1. The lowest BCUT2D eigenvalue weighted by Crippen LogP contribution is -2.54. The van der Waals surface area contributed by atoms with E-state index in [1.54, 1.807) is 11.8 Å². The van der Waals surface area contributed by atoms with Gasteiger partial charge in [0.1, 0.15) is 5.71 Å². The van der Waals surface area contributed by atoms with Gasteiger partial charge in [-0.05, 0) is 38.7 Å². The molecular formula is C21H32N2O4S. The Labute approximate surface area is 172 Å². The number of hydrogen-bond donors (Lipinski definition) is 0. The van der Waals surface area contributed by atoms with Gasteiger partial charge in [-0.3, -0.25) is 4.90 Å². The zero-order valence-corrected chi connectivity index (χ0v) is 18.2. The second kappa shape index (κ2) is 11.4. The molecule has 0 unspecified atom stereocenters. The molecule has 1 fully saturated rings. The highest BCUT2D eigenvalue weighted by atomic mass is 32.2. The summed E-state index contributed by atoms with van der Waals surface area (Å²) >= 11 is 1.70. The van der Waals surface area contributed by atoms with E-state index >= 15 is 0 Å². The van der Waals surface area contributed by atoms with E-state index < -0.39 is 5.97 Å². The molecule has 0 bridgehead atoms. The summed E-state index contributed by atoms with van der Waals surface area (Å²) in [4.78, 5) is 20.8. The molecule has 7 heteroatoms. The Hall–Kier alpha value is -1.57. The molecule has 0 aliphatic carbocycles. The minimum Gasteiger partial charge on any atom is -0.463 e. The topological polar surface area (TPSA) is 60.4 Å². The molecule has 0 saturated carbocycles. The average Bonchev–Trinajstić information content (AvgIpc) is 2.72. The smallest absolute Gasteiger partial charge is 0.347 e. The van der Waals surface area contributed by atoms with Crippen molar-refractivity contribution in [2.75, 3.05) is 45.8 Å². The number of unbranched alkanes of at least 4 members (excludes halogenated alkanes) is 1. The van der Waals surface area contributed by atoms with Gasteiger partial charge in [0.15, 0.2) is 0 Å². The van der Waals surface area contributed by atoms with E-state index in [0.717, 1.165) is 37.2 Å². The molecule has 2 rings (SSSR count). The van der Waals surface area contributed by atoms with Crippen molar-refractivity contribution in [3.05, 3.63) is 29.8 Å². The van der Waals surface area contributed by atoms with Gasteiger partial charge in [0.2, 0.25) is 6.61 Å². The molecule has 0 spiro atoms. The van der Waals surface area contributed by atoms with Gasteiger partial charge in [0.05, 0.1) is 25.4 Å². The zero-order chi connectivity index (χ0) is 20.4. The van der Waals surface area contributed by atoms with Gasteiger partial charge >= 0.3 is 5.97 Å². The number of rotatable bonds is 10. The van der Waals surface area contributed by atoms with Crippen LogP contribution in [-0.2, 0) is 19.1 Å². The van der Waals surface area contributed by atoms with E-state index in [4.69, 9.17) is 14.3 Å². The molecule has 0 radical (unpaired) electrons. The van der Waals surface area contributed by atoms with E-state index in [2.05, 4.69) is 61.3 Å². The molecule has 1 heterocycles. The number of nitrogens with zero attached hydrogens (tertiary/aromatic N) is 2. The van der Waals surface area contributed by atoms with Crippen molar-refractivity contribution in [3.63, 3.8) is 0 Å². The van der Waals surface area contributed by atoms with Crippen LogP contribution in [0.5, 0.6) is 0 Å². The van der Waals surface area contributed by atoms with Crippen molar-refractivity contribution in [1.29, 1.82) is 0 Å². The fourth-order valence-corrected chi connectivity index (χ4v) is 3.47. The molecule has 156 valence electrons. The fraction of sp³-hybridized carbons (Fsp3) is 0.619. The van der Waals surface area contributed by atoms with Crippen molar-refractivity contribution in [2.24, 2.45) is 5.16 Å². The van der Waals surface area contributed by atoms with E-state index in [1.807, 2.05) is 0 Å². The summed E-state index contributed by atoms with van der Waals surface area (Å²) in [5.74, 6) is -0.390. The molecule has 6 nitrogen and oxygen atoms in total. The van der Waals surface area contributed by atoms with E-state index in [-0.39, 0.29) is 12.1 Å². The number of ether oxygens (including phenoxy) is 2. The maximum atomic E-state index is 11.8. The Bertz CT molecular complexity index is 640. The highest BCUT2D eigenvalue weighted by molar-refractivity contribution is 7.98. The first-order valence-corrected chi connectivity index (χ1v) is 11.0. The Morgan fingerprint density at radius 3 is 2.54 bits per heavy atom. The highest BCUT2D eigenvalue weighted by Crippen LogP contribution is 2.25. The van der Waals surface area contributed by atoms with Crippen LogP contribution in [0, 0.1) is 0 Å². The summed E-state index contributed by atoms with van der Waals surface area (Å²) in [7, 11) is 0. The summed E-state index contributed by atoms with van der Waals surface area (Å²) in [5, 5.41) is 4.39. The van der Waals surface area contributed by atoms with Crippen molar-refractivity contribution in [3.8, 4) is 0 Å². The van der Waals surface area contributed by atoms with E-state index in [0.29, 0.717) is 19.8 Å². The van der Waals surface area contributed by atoms with Crippen molar-refractivity contribution in [2.45, 2.75) is 44.0 Å². The van der Waals surface area contributed by atoms with Crippen LogP contribution in [0.2, 0.25) is 0 Å². The number of hydrogen-bond acceptors (Lipinski definition) is 7. The Kier molecular flexibility index (Phi) is 9.28. The number of benzene rings is 1. The van der Waals surface area contributed by atoms with Crippen LogP contribution in [-0.4, -0.2) is 67.9 Å². The van der Waals surface area contributed by atoms with Crippen LogP contribution in [0.1, 0.15) is 39.2 Å². The van der Waals surface area contributed by atoms with Crippen LogP contribution >= 0.6 is 11.8 Å². The number of thioether (sulfide) groups is 1. The predicted molar refractivity (Wildman–Crippen MR) is 113 cm³/mol. The summed E-state index contributed by atoms with van der Waals surface area (Å²) in [6.07, 6.45) is 3.89. The Balaban J connectivity index is 2.16. The largest absolute Gasteiger partial charge is 0.463 e. The SMILES string of the molecule is CCCCOC(=O)CON=C(c1ccc(SC)cc1)C(C)(C)N1CCOCC1. The van der Waals surface area contributed by atoms with Gasteiger partial charge in [-0.15, -0.1) is 11.8 Å². The lowest BCUT2D eigenvalue weighted by atomic mass is 9.90. The molecule has 1 aromatic carbocycles. The third kappa shape index (κ3) is 6.50. The lowest BCUT2D eigenvalue weighted by Gasteiger charge is -2.41. The number of morpholine rings is 1. The quantitative estimate of drug-likeness (QED) is 0.194. The van der Waals surface area contributed by atoms with Gasteiger partial charge in [-0.1, -0.05) is 30.6 Å².